The molecule has 0 saturated heterocycles. The molecule has 1 aliphatic rings. The average molecular weight is 228 g/mol. The second-order valence-electron chi connectivity index (χ2n) is 4.63. The van der Waals surface area contributed by atoms with Crippen LogP contribution in [-0.2, 0) is 9.59 Å². The Balaban J connectivity index is 2.23. The summed E-state index contributed by atoms with van der Waals surface area (Å²) in [5.41, 5.74) is 0.124. The van der Waals surface area contributed by atoms with Crippen LogP contribution in [0, 0.1) is 5.41 Å². The number of hydrogen-bond donors (Lipinski definition) is 2. The predicted octanol–water partition coefficient (Wildman–Crippen LogP) is -0.257. The highest BCUT2D eigenvalue weighted by Crippen LogP contribution is 2.47. The minimum Gasteiger partial charge on any atom is -0.396 e. The number of likely N-dealkylation sites (N-methyl/N-ethyl adjacent to an activating group) is 1. The van der Waals surface area contributed by atoms with Crippen LogP contribution < -0.4 is 5.32 Å². The highest BCUT2D eigenvalue weighted by Gasteiger charge is 2.41. The maximum Gasteiger partial charge on any atom is 0.239 e. The van der Waals surface area contributed by atoms with Gasteiger partial charge in [-0.3, -0.25) is 9.59 Å². The Morgan fingerprint density at radius 1 is 1.44 bits per heavy atom. The number of aliphatic hydroxyl groups is 1. The number of aliphatic hydroxyl groups excluding tert-OH is 1. The molecule has 0 bridgehead atoms. The van der Waals surface area contributed by atoms with Gasteiger partial charge in [-0.25, -0.2) is 0 Å². The maximum atomic E-state index is 11.5. The molecule has 1 fully saturated rings. The molecule has 5 heteroatoms. The van der Waals surface area contributed by atoms with E-state index >= 15 is 0 Å². The van der Waals surface area contributed by atoms with Gasteiger partial charge in [-0.15, -0.1) is 0 Å². The molecule has 0 aliphatic heterocycles. The van der Waals surface area contributed by atoms with Gasteiger partial charge in [0.15, 0.2) is 0 Å². The zero-order valence-corrected chi connectivity index (χ0v) is 9.95. The SMILES string of the molecule is CC(=O)N(C)CC(=O)NCC1(CCO)CC1. The molecular formula is C11H20N2O3. The first kappa shape index (κ1) is 13.0. The van der Waals surface area contributed by atoms with E-state index in [1.807, 2.05) is 0 Å². The molecule has 0 unspecified atom stereocenters. The molecule has 2 amide bonds. The monoisotopic (exact) mass is 228 g/mol. The number of carbonyl (C=O) groups is 2. The first-order valence-corrected chi connectivity index (χ1v) is 5.58. The normalized spacial score (nSPS) is 16.7. The van der Waals surface area contributed by atoms with Gasteiger partial charge in [-0.1, -0.05) is 0 Å². The summed E-state index contributed by atoms with van der Waals surface area (Å²) in [6, 6.07) is 0. The molecule has 1 rings (SSSR count). The van der Waals surface area contributed by atoms with Crippen LogP contribution in [0.25, 0.3) is 0 Å². The third-order valence-corrected chi connectivity index (χ3v) is 3.18. The zero-order valence-electron chi connectivity index (χ0n) is 9.95. The van der Waals surface area contributed by atoms with Crippen LogP contribution in [0.5, 0.6) is 0 Å². The van der Waals surface area contributed by atoms with Crippen molar-refractivity contribution in [3.8, 4) is 0 Å². The summed E-state index contributed by atoms with van der Waals surface area (Å²) in [7, 11) is 1.60. The highest BCUT2D eigenvalue weighted by molar-refractivity contribution is 5.83. The molecule has 1 saturated carbocycles. The van der Waals surface area contributed by atoms with Crippen molar-refractivity contribution in [3.63, 3.8) is 0 Å². The second-order valence-corrected chi connectivity index (χ2v) is 4.63. The summed E-state index contributed by atoms with van der Waals surface area (Å²) >= 11 is 0. The van der Waals surface area contributed by atoms with Crippen molar-refractivity contribution < 1.29 is 14.7 Å². The van der Waals surface area contributed by atoms with E-state index in [1.54, 1.807) is 7.05 Å². The van der Waals surface area contributed by atoms with Crippen molar-refractivity contribution in [1.82, 2.24) is 10.2 Å². The van der Waals surface area contributed by atoms with Crippen molar-refractivity contribution >= 4 is 11.8 Å². The van der Waals surface area contributed by atoms with Crippen LogP contribution in [0.15, 0.2) is 0 Å². The van der Waals surface area contributed by atoms with Crippen molar-refractivity contribution in [2.24, 2.45) is 5.41 Å². The first-order chi connectivity index (χ1) is 7.49. The number of nitrogens with zero attached hydrogens (tertiary/aromatic N) is 1. The van der Waals surface area contributed by atoms with E-state index < -0.39 is 0 Å². The lowest BCUT2D eigenvalue weighted by atomic mass is 10.0. The molecule has 0 spiro atoms. The maximum absolute atomic E-state index is 11.5. The first-order valence-electron chi connectivity index (χ1n) is 5.58. The Hall–Kier alpha value is -1.10. The Morgan fingerprint density at radius 2 is 2.06 bits per heavy atom. The fourth-order valence-corrected chi connectivity index (χ4v) is 1.60. The molecule has 0 heterocycles. The van der Waals surface area contributed by atoms with Gasteiger partial charge in [-0.05, 0) is 24.7 Å². The molecule has 1 aliphatic carbocycles. The minimum atomic E-state index is -0.137. The summed E-state index contributed by atoms with van der Waals surface area (Å²) < 4.78 is 0. The fourth-order valence-electron chi connectivity index (χ4n) is 1.60. The number of hydrogen-bond acceptors (Lipinski definition) is 3. The summed E-state index contributed by atoms with van der Waals surface area (Å²) in [5, 5.41) is 11.7. The topological polar surface area (TPSA) is 69.6 Å². The summed E-state index contributed by atoms with van der Waals surface area (Å²) in [4.78, 5) is 23.8. The van der Waals surface area contributed by atoms with Gasteiger partial charge in [0, 0.05) is 27.1 Å². The Labute approximate surface area is 95.8 Å². The molecule has 2 N–H and O–H groups in total. The molecule has 0 atom stereocenters. The van der Waals surface area contributed by atoms with Gasteiger partial charge in [-0.2, -0.15) is 0 Å². The third-order valence-electron chi connectivity index (χ3n) is 3.18. The number of nitrogens with one attached hydrogen (secondary N) is 1. The lowest BCUT2D eigenvalue weighted by Crippen LogP contribution is -2.39. The minimum absolute atomic E-state index is 0.102. The van der Waals surface area contributed by atoms with Gasteiger partial charge in [0.25, 0.3) is 0 Å². The van der Waals surface area contributed by atoms with Crippen LogP contribution in [0.3, 0.4) is 0 Å². The van der Waals surface area contributed by atoms with Crippen molar-refractivity contribution in [2.75, 3.05) is 26.7 Å². The van der Waals surface area contributed by atoms with Gasteiger partial charge in [0.1, 0.15) is 0 Å². The van der Waals surface area contributed by atoms with Crippen molar-refractivity contribution in [3.05, 3.63) is 0 Å². The molecule has 0 aromatic rings. The standard InChI is InChI=1S/C11H20N2O3/c1-9(15)13(2)7-10(16)12-8-11(3-4-11)5-6-14/h14H,3-8H2,1-2H3,(H,12,16). The molecule has 5 nitrogen and oxygen atoms in total. The predicted molar refractivity (Wildman–Crippen MR) is 59.7 cm³/mol. The summed E-state index contributed by atoms with van der Waals surface area (Å²) in [6.07, 6.45) is 2.88. The van der Waals surface area contributed by atoms with E-state index in [0.717, 1.165) is 19.3 Å². The lowest BCUT2D eigenvalue weighted by Gasteiger charge is -2.17. The van der Waals surface area contributed by atoms with Crippen molar-refractivity contribution in [2.45, 2.75) is 26.2 Å². The molecular weight excluding hydrogens is 208 g/mol. The van der Waals surface area contributed by atoms with Crippen LogP contribution in [0.1, 0.15) is 26.2 Å². The molecule has 0 radical (unpaired) electrons. The third kappa shape index (κ3) is 3.81. The van der Waals surface area contributed by atoms with Crippen LogP contribution in [0.4, 0.5) is 0 Å². The van der Waals surface area contributed by atoms with Gasteiger partial charge in [0.05, 0.1) is 6.54 Å². The van der Waals surface area contributed by atoms with E-state index in [0.29, 0.717) is 6.54 Å². The van der Waals surface area contributed by atoms with Gasteiger partial charge >= 0.3 is 0 Å². The van der Waals surface area contributed by atoms with E-state index in [-0.39, 0.29) is 30.4 Å². The average Bonchev–Trinajstić information content (AvgIpc) is 2.96. The summed E-state index contributed by atoms with van der Waals surface area (Å²) in [5.74, 6) is -0.256. The summed E-state index contributed by atoms with van der Waals surface area (Å²) in [6.45, 7) is 2.31. The smallest absolute Gasteiger partial charge is 0.239 e. The zero-order chi connectivity index (χ0) is 12.2. The van der Waals surface area contributed by atoms with E-state index in [4.69, 9.17) is 5.11 Å². The molecule has 0 aromatic carbocycles. The largest absolute Gasteiger partial charge is 0.396 e. The molecule has 92 valence electrons. The van der Waals surface area contributed by atoms with Crippen LogP contribution >= 0.6 is 0 Å². The van der Waals surface area contributed by atoms with Crippen LogP contribution in [0.2, 0.25) is 0 Å². The molecule has 16 heavy (non-hydrogen) atoms. The van der Waals surface area contributed by atoms with Gasteiger partial charge in [0.2, 0.25) is 11.8 Å². The van der Waals surface area contributed by atoms with E-state index in [2.05, 4.69) is 5.32 Å². The van der Waals surface area contributed by atoms with E-state index in [1.165, 1.54) is 11.8 Å². The number of rotatable bonds is 6. The van der Waals surface area contributed by atoms with Crippen LogP contribution in [-0.4, -0.2) is 48.6 Å². The van der Waals surface area contributed by atoms with Gasteiger partial charge < -0.3 is 15.3 Å². The lowest BCUT2D eigenvalue weighted by molar-refractivity contribution is -0.133. The highest BCUT2D eigenvalue weighted by atomic mass is 16.3. The number of amides is 2. The Kier molecular flexibility index (Phi) is 4.29. The second kappa shape index (κ2) is 5.30. The van der Waals surface area contributed by atoms with E-state index in [9.17, 15) is 9.59 Å². The Bertz CT molecular complexity index is 274. The Morgan fingerprint density at radius 3 is 2.50 bits per heavy atom. The number of carbonyl (C=O) groups excluding carboxylic acids is 2. The van der Waals surface area contributed by atoms with Crippen molar-refractivity contribution in [1.29, 1.82) is 0 Å². The quantitative estimate of drug-likeness (QED) is 0.658. The fraction of sp³-hybridized carbons (Fsp3) is 0.818. The molecule has 0 aromatic heterocycles.